The van der Waals surface area contributed by atoms with Crippen molar-refractivity contribution in [2.45, 2.75) is 37.8 Å². The molecule has 0 aromatic heterocycles. The van der Waals surface area contributed by atoms with Gasteiger partial charge in [0.25, 0.3) is 0 Å². The zero-order valence-electron chi connectivity index (χ0n) is 12.8. The SMILES string of the molecule is C[C@]1(O)CCOC[C@H]1[C@H]1CCCN1c1cccc(F)c1C#N. The first-order valence-corrected chi connectivity index (χ1v) is 7.80. The molecule has 5 heteroatoms. The Balaban J connectivity index is 1.94. The number of ether oxygens (including phenoxy) is 1. The van der Waals surface area contributed by atoms with Crippen molar-refractivity contribution in [3.63, 3.8) is 0 Å². The van der Waals surface area contributed by atoms with Crippen LogP contribution in [-0.4, -0.2) is 36.5 Å². The van der Waals surface area contributed by atoms with Crippen LogP contribution in [0.4, 0.5) is 10.1 Å². The van der Waals surface area contributed by atoms with Crippen molar-refractivity contribution in [1.82, 2.24) is 0 Å². The highest BCUT2D eigenvalue weighted by atomic mass is 19.1. The van der Waals surface area contributed by atoms with Gasteiger partial charge in [-0.15, -0.1) is 0 Å². The van der Waals surface area contributed by atoms with Gasteiger partial charge in [0.05, 0.1) is 17.9 Å². The Labute approximate surface area is 130 Å². The minimum Gasteiger partial charge on any atom is -0.390 e. The third-order valence-electron chi connectivity index (χ3n) is 5.03. The first kappa shape index (κ1) is 15.3. The number of nitriles is 1. The van der Waals surface area contributed by atoms with Crippen LogP contribution in [0.1, 0.15) is 31.7 Å². The van der Waals surface area contributed by atoms with Gasteiger partial charge in [-0.1, -0.05) is 6.07 Å². The standard InChI is InChI=1S/C17H21FN2O2/c1-17(21)7-9-22-11-13(17)16-6-3-8-20(16)15-5-2-4-14(18)12(15)10-19/h2,4-5,13,16,21H,3,6-9,11H2,1H3/t13-,16+,17-/m0/s1. The summed E-state index contributed by atoms with van der Waals surface area (Å²) < 4.78 is 19.5. The van der Waals surface area contributed by atoms with Crippen molar-refractivity contribution in [3.05, 3.63) is 29.6 Å². The molecule has 2 heterocycles. The number of benzene rings is 1. The van der Waals surface area contributed by atoms with Crippen molar-refractivity contribution in [3.8, 4) is 6.07 Å². The molecule has 4 nitrogen and oxygen atoms in total. The van der Waals surface area contributed by atoms with Gasteiger partial charge in [-0.3, -0.25) is 0 Å². The average Bonchev–Trinajstić information content (AvgIpc) is 2.95. The molecule has 0 aliphatic carbocycles. The molecule has 0 spiro atoms. The van der Waals surface area contributed by atoms with E-state index in [2.05, 4.69) is 4.90 Å². The maximum absolute atomic E-state index is 13.9. The van der Waals surface area contributed by atoms with E-state index in [1.807, 2.05) is 13.0 Å². The summed E-state index contributed by atoms with van der Waals surface area (Å²) in [6.07, 6.45) is 2.50. The molecule has 118 valence electrons. The lowest BCUT2D eigenvalue weighted by molar-refractivity contribution is -0.108. The lowest BCUT2D eigenvalue weighted by Gasteiger charge is -2.44. The number of aliphatic hydroxyl groups is 1. The van der Waals surface area contributed by atoms with E-state index in [9.17, 15) is 14.8 Å². The summed E-state index contributed by atoms with van der Waals surface area (Å²) in [6, 6.07) is 6.79. The molecule has 1 aromatic rings. The fourth-order valence-electron chi connectivity index (χ4n) is 3.75. The topological polar surface area (TPSA) is 56.5 Å². The van der Waals surface area contributed by atoms with Gasteiger partial charge in [0.15, 0.2) is 0 Å². The number of hydrogen-bond donors (Lipinski definition) is 1. The molecule has 3 rings (SSSR count). The molecule has 22 heavy (non-hydrogen) atoms. The van der Waals surface area contributed by atoms with Gasteiger partial charge in [0, 0.05) is 25.1 Å². The number of nitrogens with zero attached hydrogens (tertiary/aromatic N) is 2. The molecular weight excluding hydrogens is 283 g/mol. The van der Waals surface area contributed by atoms with E-state index in [4.69, 9.17) is 4.74 Å². The molecule has 1 aromatic carbocycles. The van der Waals surface area contributed by atoms with E-state index in [0.29, 0.717) is 25.3 Å². The smallest absolute Gasteiger partial charge is 0.143 e. The van der Waals surface area contributed by atoms with Crippen LogP contribution < -0.4 is 4.90 Å². The molecule has 2 aliphatic heterocycles. The van der Waals surface area contributed by atoms with Crippen LogP contribution in [0.5, 0.6) is 0 Å². The molecule has 1 N–H and O–H groups in total. The molecule has 3 atom stereocenters. The normalized spacial score (nSPS) is 32.0. The summed E-state index contributed by atoms with van der Waals surface area (Å²) in [7, 11) is 0. The van der Waals surface area contributed by atoms with Crippen LogP contribution >= 0.6 is 0 Å². The van der Waals surface area contributed by atoms with Gasteiger partial charge >= 0.3 is 0 Å². The molecule has 0 unspecified atom stereocenters. The van der Waals surface area contributed by atoms with Crippen LogP contribution in [0, 0.1) is 23.1 Å². The van der Waals surface area contributed by atoms with E-state index in [-0.39, 0.29) is 17.5 Å². The van der Waals surface area contributed by atoms with Gasteiger partial charge in [-0.05, 0) is 38.3 Å². The maximum atomic E-state index is 13.9. The molecule has 0 bridgehead atoms. The van der Waals surface area contributed by atoms with Crippen molar-refractivity contribution < 1.29 is 14.2 Å². The lowest BCUT2D eigenvalue weighted by Crippen LogP contribution is -2.52. The zero-order valence-corrected chi connectivity index (χ0v) is 12.8. The van der Waals surface area contributed by atoms with E-state index < -0.39 is 11.4 Å². The second-order valence-electron chi connectivity index (χ2n) is 6.44. The summed E-state index contributed by atoms with van der Waals surface area (Å²) in [6.45, 7) is 3.70. The average molecular weight is 304 g/mol. The fraction of sp³-hybridized carbons (Fsp3) is 0.588. The highest BCUT2D eigenvalue weighted by Crippen LogP contribution is 2.39. The quantitative estimate of drug-likeness (QED) is 0.912. The number of halogens is 1. The monoisotopic (exact) mass is 304 g/mol. The van der Waals surface area contributed by atoms with Crippen LogP contribution in [0.25, 0.3) is 0 Å². The van der Waals surface area contributed by atoms with Crippen LogP contribution in [0.3, 0.4) is 0 Å². The molecular formula is C17H21FN2O2. The second-order valence-corrected chi connectivity index (χ2v) is 6.44. The first-order chi connectivity index (χ1) is 10.5. The van der Waals surface area contributed by atoms with Crippen LogP contribution in [0.15, 0.2) is 18.2 Å². The van der Waals surface area contributed by atoms with Gasteiger partial charge in [0.1, 0.15) is 17.4 Å². The summed E-state index contributed by atoms with van der Waals surface area (Å²) in [5.41, 5.74) is -0.0665. The minimum absolute atomic E-state index is 0.0291. The van der Waals surface area contributed by atoms with E-state index in [1.54, 1.807) is 12.1 Å². The molecule has 0 saturated carbocycles. The van der Waals surface area contributed by atoms with Gasteiger partial charge < -0.3 is 14.7 Å². The molecule has 0 radical (unpaired) electrons. The predicted molar refractivity (Wildman–Crippen MR) is 81.0 cm³/mol. The largest absolute Gasteiger partial charge is 0.390 e. The number of hydrogen-bond acceptors (Lipinski definition) is 4. The Morgan fingerprint density at radius 3 is 3.05 bits per heavy atom. The van der Waals surface area contributed by atoms with E-state index in [1.165, 1.54) is 6.07 Å². The van der Waals surface area contributed by atoms with Crippen LogP contribution in [0.2, 0.25) is 0 Å². The number of anilines is 1. The number of rotatable bonds is 2. The Morgan fingerprint density at radius 1 is 1.50 bits per heavy atom. The van der Waals surface area contributed by atoms with Crippen molar-refractivity contribution in [2.75, 3.05) is 24.7 Å². The summed E-state index contributed by atoms with van der Waals surface area (Å²) >= 11 is 0. The third-order valence-corrected chi connectivity index (χ3v) is 5.03. The van der Waals surface area contributed by atoms with Crippen molar-refractivity contribution in [2.24, 2.45) is 5.92 Å². The summed E-state index contributed by atoms with van der Waals surface area (Å²) in [5.74, 6) is -0.518. The third kappa shape index (κ3) is 2.57. The fourth-order valence-corrected chi connectivity index (χ4v) is 3.75. The predicted octanol–water partition coefficient (Wildman–Crippen LogP) is 2.45. The Hall–Kier alpha value is -1.64. The van der Waals surface area contributed by atoms with E-state index in [0.717, 1.165) is 19.4 Å². The van der Waals surface area contributed by atoms with Gasteiger partial charge in [-0.25, -0.2) is 4.39 Å². The van der Waals surface area contributed by atoms with Crippen LogP contribution in [-0.2, 0) is 4.74 Å². The molecule has 2 saturated heterocycles. The summed E-state index contributed by atoms with van der Waals surface area (Å²) in [5, 5.41) is 20.0. The second kappa shape index (κ2) is 5.86. The Bertz CT molecular complexity index is 597. The Kier molecular flexibility index (Phi) is 4.07. The van der Waals surface area contributed by atoms with Crippen molar-refractivity contribution in [1.29, 1.82) is 5.26 Å². The zero-order chi connectivity index (χ0) is 15.7. The Morgan fingerprint density at radius 2 is 2.32 bits per heavy atom. The highest BCUT2D eigenvalue weighted by molar-refractivity contribution is 5.61. The molecule has 2 aliphatic rings. The lowest BCUT2D eigenvalue weighted by atomic mass is 9.79. The van der Waals surface area contributed by atoms with Crippen molar-refractivity contribution >= 4 is 5.69 Å². The summed E-state index contributed by atoms with van der Waals surface area (Å²) in [4.78, 5) is 2.08. The minimum atomic E-state index is -0.786. The van der Waals surface area contributed by atoms with Gasteiger partial charge in [0.2, 0.25) is 0 Å². The molecule has 2 fully saturated rings. The van der Waals surface area contributed by atoms with E-state index >= 15 is 0 Å². The molecule has 0 amide bonds. The van der Waals surface area contributed by atoms with Gasteiger partial charge in [-0.2, -0.15) is 5.26 Å². The highest BCUT2D eigenvalue weighted by Gasteiger charge is 2.44. The first-order valence-electron chi connectivity index (χ1n) is 7.80. The maximum Gasteiger partial charge on any atom is 0.143 e.